The van der Waals surface area contributed by atoms with Gasteiger partial charge in [0.05, 0.1) is 16.5 Å². The summed E-state index contributed by atoms with van der Waals surface area (Å²) in [5, 5.41) is -0.183. The Morgan fingerprint density at radius 2 is 1.86 bits per heavy atom. The van der Waals surface area contributed by atoms with Crippen molar-refractivity contribution in [2.75, 3.05) is 6.61 Å². The summed E-state index contributed by atoms with van der Waals surface area (Å²) in [6, 6.07) is 12.3. The summed E-state index contributed by atoms with van der Waals surface area (Å²) in [6.45, 7) is 4.87. The highest BCUT2D eigenvalue weighted by Gasteiger charge is 2.14. The van der Waals surface area contributed by atoms with Crippen molar-refractivity contribution in [2.45, 2.75) is 25.6 Å². The smallest absolute Gasteiger partial charge is 0.133 e. The molecule has 0 saturated heterocycles. The van der Waals surface area contributed by atoms with Crippen LogP contribution < -0.4 is 4.74 Å². The number of rotatable bonds is 5. The second-order valence-corrected chi connectivity index (χ2v) is 7.17. The summed E-state index contributed by atoms with van der Waals surface area (Å²) in [7, 11) is 0. The van der Waals surface area contributed by atoms with E-state index in [0.717, 1.165) is 32.2 Å². The van der Waals surface area contributed by atoms with Crippen LogP contribution in [0.15, 0.2) is 45.3 Å². The Labute approximate surface area is 147 Å². The lowest BCUT2D eigenvalue weighted by Gasteiger charge is -2.14. The molecule has 0 radical (unpaired) electrons. The van der Waals surface area contributed by atoms with Gasteiger partial charge in [-0.05, 0) is 70.2 Å². The van der Waals surface area contributed by atoms with Gasteiger partial charge < -0.3 is 4.74 Å². The molecule has 2 aromatic carbocycles. The zero-order chi connectivity index (χ0) is 15.4. The van der Waals surface area contributed by atoms with E-state index in [2.05, 4.69) is 63.9 Å². The summed E-state index contributed by atoms with van der Waals surface area (Å²) in [5.74, 6) is 0.856. The fourth-order valence-electron chi connectivity index (χ4n) is 2.11. The SMILES string of the molecule is CCCOc1ccc(C(Cl)c2cc(C)cc(Br)c2)cc1Br. The summed E-state index contributed by atoms with van der Waals surface area (Å²) in [5.41, 5.74) is 3.31. The number of ether oxygens (including phenoxy) is 1. The van der Waals surface area contributed by atoms with Gasteiger partial charge in [0.25, 0.3) is 0 Å². The average Bonchev–Trinajstić information content (AvgIpc) is 2.44. The highest BCUT2D eigenvalue weighted by atomic mass is 79.9. The molecular weight excluding hydrogens is 415 g/mol. The Morgan fingerprint density at radius 3 is 2.48 bits per heavy atom. The minimum Gasteiger partial charge on any atom is -0.492 e. The minimum absolute atomic E-state index is 0.183. The fourth-order valence-corrected chi connectivity index (χ4v) is 3.51. The Bertz CT molecular complexity index is 608. The number of hydrogen-bond donors (Lipinski definition) is 0. The molecule has 21 heavy (non-hydrogen) atoms. The maximum absolute atomic E-state index is 6.62. The standard InChI is InChI=1S/C17H17Br2ClO/c1-3-6-21-16-5-4-12(10-15(16)19)17(20)13-7-11(2)8-14(18)9-13/h4-5,7-10,17H,3,6H2,1-2H3. The summed E-state index contributed by atoms with van der Waals surface area (Å²) >= 11 is 13.7. The third kappa shape index (κ3) is 4.48. The number of benzene rings is 2. The van der Waals surface area contributed by atoms with E-state index in [1.54, 1.807) is 0 Å². The third-order valence-electron chi connectivity index (χ3n) is 3.07. The van der Waals surface area contributed by atoms with Crippen molar-refractivity contribution in [1.29, 1.82) is 0 Å². The summed E-state index contributed by atoms with van der Waals surface area (Å²) < 4.78 is 7.65. The average molecular weight is 433 g/mol. The van der Waals surface area contributed by atoms with Crippen LogP contribution in [-0.2, 0) is 0 Å². The molecule has 2 aromatic rings. The number of alkyl halides is 1. The molecule has 0 heterocycles. The number of halogens is 3. The van der Waals surface area contributed by atoms with Crippen LogP contribution in [0, 0.1) is 6.92 Å². The molecule has 1 nitrogen and oxygen atoms in total. The van der Waals surface area contributed by atoms with E-state index in [1.165, 1.54) is 5.56 Å². The molecule has 0 amide bonds. The van der Waals surface area contributed by atoms with E-state index in [-0.39, 0.29) is 5.38 Å². The zero-order valence-electron chi connectivity index (χ0n) is 12.0. The lowest BCUT2D eigenvalue weighted by atomic mass is 10.0. The van der Waals surface area contributed by atoms with Gasteiger partial charge in [0.1, 0.15) is 5.75 Å². The van der Waals surface area contributed by atoms with E-state index >= 15 is 0 Å². The van der Waals surface area contributed by atoms with Gasteiger partial charge in [0.15, 0.2) is 0 Å². The summed E-state index contributed by atoms with van der Waals surface area (Å²) in [4.78, 5) is 0. The predicted octanol–water partition coefficient (Wildman–Crippen LogP) is 6.64. The molecule has 0 bridgehead atoms. The molecule has 0 N–H and O–H groups in total. The molecule has 0 fully saturated rings. The van der Waals surface area contributed by atoms with Crippen molar-refractivity contribution in [2.24, 2.45) is 0 Å². The number of hydrogen-bond acceptors (Lipinski definition) is 1. The molecule has 4 heteroatoms. The van der Waals surface area contributed by atoms with Crippen LogP contribution in [0.25, 0.3) is 0 Å². The quantitative estimate of drug-likeness (QED) is 0.482. The van der Waals surface area contributed by atoms with E-state index in [1.807, 2.05) is 18.2 Å². The second-order valence-electron chi connectivity index (χ2n) is 4.96. The zero-order valence-corrected chi connectivity index (χ0v) is 15.9. The van der Waals surface area contributed by atoms with Crippen LogP contribution in [0.4, 0.5) is 0 Å². The van der Waals surface area contributed by atoms with Crippen LogP contribution in [0.3, 0.4) is 0 Å². The first-order chi connectivity index (χ1) is 10.0. The van der Waals surface area contributed by atoms with Crippen molar-refractivity contribution in [3.05, 3.63) is 62.0 Å². The van der Waals surface area contributed by atoms with Gasteiger partial charge in [-0.3, -0.25) is 0 Å². The molecule has 0 spiro atoms. The molecular formula is C17H17Br2ClO. The van der Waals surface area contributed by atoms with Crippen molar-refractivity contribution in [3.8, 4) is 5.75 Å². The van der Waals surface area contributed by atoms with Gasteiger partial charge in [-0.15, -0.1) is 11.6 Å². The summed E-state index contributed by atoms with van der Waals surface area (Å²) in [6.07, 6.45) is 0.990. The van der Waals surface area contributed by atoms with Gasteiger partial charge in [-0.25, -0.2) is 0 Å². The van der Waals surface area contributed by atoms with Crippen molar-refractivity contribution < 1.29 is 4.74 Å². The maximum atomic E-state index is 6.62. The normalized spacial score (nSPS) is 12.2. The first-order valence-electron chi connectivity index (χ1n) is 6.84. The molecule has 0 aliphatic rings. The van der Waals surface area contributed by atoms with E-state index in [0.29, 0.717) is 6.61 Å². The van der Waals surface area contributed by atoms with Crippen LogP contribution in [0.2, 0.25) is 0 Å². The topological polar surface area (TPSA) is 9.23 Å². The Balaban J connectivity index is 2.26. The van der Waals surface area contributed by atoms with Gasteiger partial charge in [0.2, 0.25) is 0 Å². The van der Waals surface area contributed by atoms with Crippen LogP contribution in [-0.4, -0.2) is 6.61 Å². The van der Waals surface area contributed by atoms with Crippen LogP contribution >= 0.6 is 43.5 Å². The number of aryl methyl sites for hydroxylation is 1. The lowest BCUT2D eigenvalue weighted by molar-refractivity contribution is 0.315. The Hall–Kier alpha value is -0.510. The molecule has 0 saturated carbocycles. The molecule has 0 aliphatic heterocycles. The maximum Gasteiger partial charge on any atom is 0.133 e. The fraction of sp³-hybridized carbons (Fsp3) is 0.294. The molecule has 0 aliphatic carbocycles. The second kappa shape index (κ2) is 7.66. The lowest BCUT2D eigenvalue weighted by Crippen LogP contribution is -1.98. The molecule has 0 aromatic heterocycles. The van der Waals surface area contributed by atoms with E-state index in [9.17, 15) is 0 Å². The van der Waals surface area contributed by atoms with Gasteiger partial charge in [-0.2, -0.15) is 0 Å². The largest absolute Gasteiger partial charge is 0.492 e. The highest BCUT2D eigenvalue weighted by molar-refractivity contribution is 9.10. The molecule has 1 atom stereocenters. The van der Waals surface area contributed by atoms with Crippen molar-refractivity contribution >= 4 is 43.5 Å². The first kappa shape index (κ1) is 16.9. The molecule has 2 rings (SSSR count). The Kier molecular flexibility index (Phi) is 6.15. The van der Waals surface area contributed by atoms with Gasteiger partial charge >= 0.3 is 0 Å². The first-order valence-corrected chi connectivity index (χ1v) is 8.87. The van der Waals surface area contributed by atoms with Crippen LogP contribution in [0.1, 0.15) is 35.4 Å². The third-order valence-corrected chi connectivity index (χ3v) is 4.65. The van der Waals surface area contributed by atoms with Crippen LogP contribution in [0.5, 0.6) is 5.75 Å². The molecule has 1 unspecified atom stereocenters. The Morgan fingerprint density at radius 1 is 1.10 bits per heavy atom. The van der Waals surface area contributed by atoms with Gasteiger partial charge in [-0.1, -0.05) is 35.0 Å². The monoisotopic (exact) mass is 430 g/mol. The highest BCUT2D eigenvalue weighted by Crippen LogP contribution is 2.35. The molecule has 112 valence electrons. The van der Waals surface area contributed by atoms with Gasteiger partial charge in [0, 0.05) is 4.47 Å². The minimum atomic E-state index is -0.183. The van der Waals surface area contributed by atoms with E-state index in [4.69, 9.17) is 16.3 Å². The van der Waals surface area contributed by atoms with Crippen molar-refractivity contribution in [1.82, 2.24) is 0 Å². The van der Waals surface area contributed by atoms with E-state index < -0.39 is 0 Å². The van der Waals surface area contributed by atoms with Crippen molar-refractivity contribution in [3.63, 3.8) is 0 Å². The predicted molar refractivity (Wildman–Crippen MR) is 96.5 cm³/mol.